The molecule has 1 aromatic heterocycles. The average Bonchev–Trinajstić information content (AvgIpc) is 3.12. The molecule has 0 aliphatic rings. The average molecular weight is 389 g/mol. The van der Waals surface area contributed by atoms with Crippen molar-refractivity contribution in [2.45, 2.75) is 0 Å². The standard InChI is InChI=1S/C18H14Cl2N4O2/c1-26-15-4-2-11(3-5-15)10-21-24-18(25)17-9-16(22-23-17)12-6-13(19)8-14(20)7-12/h2-10H,1H3,(H,22,23)(H,24,25)/b21-10-. The van der Waals surface area contributed by atoms with E-state index in [1.807, 2.05) is 12.1 Å². The predicted molar refractivity (Wildman–Crippen MR) is 102 cm³/mol. The first-order valence-corrected chi connectivity index (χ1v) is 8.30. The first-order valence-electron chi connectivity index (χ1n) is 7.54. The summed E-state index contributed by atoms with van der Waals surface area (Å²) in [5, 5.41) is 11.7. The molecule has 6 nitrogen and oxygen atoms in total. The molecule has 0 aliphatic carbocycles. The van der Waals surface area contributed by atoms with Crippen LogP contribution in [0.15, 0.2) is 53.6 Å². The summed E-state index contributed by atoms with van der Waals surface area (Å²) >= 11 is 12.0. The number of ether oxygens (including phenoxy) is 1. The molecule has 8 heteroatoms. The zero-order valence-electron chi connectivity index (χ0n) is 13.7. The lowest BCUT2D eigenvalue weighted by Gasteiger charge is -1.99. The van der Waals surface area contributed by atoms with Gasteiger partial charge in [0.2, 0.25) is 0 Å². The molecular formula is C18H14Cl2N4O2. The Labute approximate surface area is 159 Å². The minimum absolute atomic E-state index is 0.267. The third-order valence-corrected chi connectivity index (χ3v) is 3.91. The number of benzene rings is 2. The number of halogens is 2. The summed E-state index contributed by atoms with van der Waals surface area (Å²) < 4.78 is 5.08. The Morgan fingerprint density at radius 2 is 1.85 bits per heavy atom. The zero-order chi connectivity index (χ0) is 18.5. The van der Waals surface area contributed by atoms with Gasteiger partial charge in [-0.3, -0.25) is 9.89 Å². The van der Waals surface area contributed by atoms with E-state index in [9.17, 15) is 4.79 Å². The van der Waals surface area contributed by atoms with Crippen LogP contribution in [-0.4, -0.2) is 29.4 Å². The van der Waals surface area contributed by atoms with Crippen molar-refractivity contribution in [3.63, 3.8) is 0 Å². The van der Waals surface area contributed by atoms with Gasteiger partial charge in [0, 0.05) is 15.6 Å². The van der Waals surface area contributed by atoms with Crippen molar-refractivity contribution in [2.75, 3.05) is 7.11 Å². The summed E-state index contributed by atoms with van der Waals surface area (Å²) in [7, 11) is 1.60. The van der Waals surface area contributed by atoms with Crippen molar-refractivity contribution in [1.29, 1.82) is 0 Å². The highest BCUT2D eigenvalue weighted by Crippen LogP contribution is 2.26. The summed E-state index contributed by atoms with van der Waals surface area (Å²) in [6, 6.07) is 13.9. The number of nitrogens with zero attached hydrogens (tertiary/aromatic N) is 2. The number of aromatic amines is 1. The normalized spacial score (nSPS) is 10.9. The number of methoxy groups -OCH3 is 1. The molecule has 0 fully saturated rings. The first-order chi connectivity index (χ1) is 12.5. The fourth-order valence-corrected chi connectivity index (χ4v) is 2.73. The van der Waals surface area contributed by atoms with Crippen LogP contribution in [0.25, 0.3) is 11.3 Å². The van der Waals surface area contributed by atoms with Crippen molar-refractivity contribution in [2.24, 2.45) is 5.10 Å². The van der Waals surface area contributed by atoms with Crippen LogP contribution in [0.1, 0.15) is 16.1 Å². The number of aromatic nitrogens is 2. The quantitative estimate of drug-likeness (QED) is 0.508. The van der Waals surface area contributed by atoms with Crippen LogP contribution in [0.3, 0.4) is 0 Å². The highest BCUT2D eigenvalue weighted by Gasteiger charge is 2.11. The number of hydrazone groups is 1. The third kappa shape index (κ3) is 4.41. The molecule has 2 aromatic carbocycles. The van der Waals surface area contributed by atoms with E-state index >= 15 is 0 Å². The lowest BCUT2D eigenvalue weighted by Crippen LogP contribution is -2.17. The fourth-order valence-electron chi connectivity index (χ4n) is 2.20. The van der Waals surface area contributed by atoms with Gasteiger partial charge in [-0.1, -0.05) is 23.2 Å². The second-order valence-corrected chi connectivity index (χ2v) is 6.17. The van der Waals surface area contributed by atoms with E-state index in [1.165, 1.54) is 6.21 Å². The Morgan fingerprint density at radius 1 is 1.15 bits per heavy atom. The number of carbonyl (C=O) groups excluding carboxylic acids is 1. The molecule has 0 saturated heterocycles. The molecule has 2 N–H and O–H groups in total. The monoisotopic (exact) mass is 388 g/mol. The van der Waals surface area contributed by atoms with Crippen LogP contribution >= 0.6 is 23.2 Å². The highest BCUT2D eigenvalue weighted by atomic mass is 35.5. The molecule has 0 atom stereocenters. The van der Waals surface area contributed by atoms with Crippen LogP contribution in [0.4, 0.5) is 0 Å². The zero-order valence-corrected chi connectivity index (χ0v) is 15.2. The molecule has 26 heavy (non-hydrogen) atoms. The van der Waals surface area contributed by atoms with Gasteiger partial charge in [-0.15, -0.1) is 0 Å². The van der Waals surface area contributed by atoms with E-state index in [1.54, 1.807) is 43.5 Å². The molecule has 0 saturated carbocycles. The van der Waals surface area contributed by atoms with Gasteiger partial charge >= 0.3 is 0 Å². The summed E-state index contributed by atoms with van der Waals surface area (Å²) in [6.45, 7) is 0. The van der Waals surface area contributed by atoms with Gasteiger partial charge < -0.3 is 4.74 Å². The molecule has 0 aliphatic heterocycles. The molecule has 0 unspecified atom stereocenters. The Balaban J connectivity index is 1.66. The second-order valence-electron chi connectivity index (χ2n) is 5.30. The van der Waals surface area contributed by atoms with E-state index in [0.29, 0.717) is 21.3 Å². The Kier molecular flexibility index (Phi) is 5.55. The Hall–Kier alpha value is -2.83. The van der Waals surface area contributed by atoms with E-state index in [0.717, 1.165) is 11.3 Å². The molecule has 0 bridgehead atoms. The molecule has 0 spiro atoms. The van der Waals surface area contributed by atoms with Crippen LogP contribution in [0.5, 0.6) is 5.75 Å². The lowest BCUT2D eigenvalue weighted by molar-refractivity contribution is 0.0950. The van der Waals surface area contributed by atoms with E-state index < -0.39 is 5.91 Å². The fraction of sp³-hybridized carbons (Fsp3) is 0.0556. The number of H-pyrrole nitrogens is 1. The van der Waals surface area contributed by atoms with Gasteiger partial charge in [0.1, 0.15) is 11.4 Å². The number of hydrogen-bond acceptors (Lipinski definition) is 4. The first kappa shape index (κ1) is 18.0. The topological polar surface area (TPSA) is 79.4 Å². The minimum atomic E-state index is -0.415. The number of rotatable bonds is 5. The molecule has 132 valence electrons. The molecular weight excluding hydrogens is 375 g/mol. The van der Waals surface area contributed by atoms with Gasteiger partial charge in [0.15, 0.2) is 0 Å². The van der Waals surface area contributed by atoms with Crippen LogP contribution in [0.2, 0.25) is 10.0 Å². The SMILES string of the molecule is COc1ccc(/C=N\NC(=O)c2cc(-c3cc(Cl)cc(Cl)c3)n[nH]2)cc1. The molecule has 3 rings (SSSR count). The van der Waals surface area contributed by atoms with E-state index in [4.69, 9.17) is 27.9 Å². The summed E-state index contributed by atoms with van der Waals surface area (Å²) in [5.41, 5.74) is 4.79. The van der Waals surface area contributed by atoms with Crippen LogP contribution in [0, 0.1) is 0 Å². The maximum Gasteiger partial charge on any atom is 0.289 e. The number of amides is 1. The number of nitrogens with one attached hydrogen (secondary N) is 2. The number of hydrogen-bond donors (Lipinski definition) is 2. The summed E-state index contributed by atoms with van der Waals surface area (Å²) in [5.74, 6) is 0.332. The van der Waals surface area contributed by atoms with Crippen molar-refractivity contribution in [3.8, 4) is 17.0 Å². The Morgan fingerprint density at radius 3 is 2.50 bits per heavy atom. The van der Waals surface area contributed by atoms with Crippen LogP contribution in [-0.2, 0) is 0 Å². The predicted octanol–water partition coefficient (Wildman–Crippen LogP) is 4.16. The van der Waals surface area contributed by atoms with Crippen molar-refractivity contribution in [3.05, 3.63) is 69.8 Å². The van der Waals surface area contributed by atoms with Crippen LogP contribution < -0.4 is 10.2 Å². The van der Waals surface area contributed by atoms with Gasteiger partial charge in [-0.25, -0.2) is 5.43 Å². The van der Waals surface area contributed by atoms with Gasteiger partial charge in [-0.2, -0.15) is 10.2 Å². The number of carbonyl (C=O) groups is 1. The smallest absolute Gasteiger partial charge is 0.289 e. The van der Waals surface area contributed by atoms with Crippen molar-refractivity contribution >= 4 is 35.3 Å². The van der Waals surface area contributed by atoms with Gasteiger partial charge in [0.05, 0.1) is 19.0 Å². The van der Waals surface area contributed by atoms with Crippen molar-refractivity contribution < 1.29 is 9.53 Å². The molecule has 3 aromatic rings. The maximum atomic E-state index is 12.1. The third-order valence-electron chi connectivity index (χ3n) is 3.48. The second kappa shape index (κ2) is 8.03. The summed E-state index contributed by atoms with van der Waals surface area (Å²) in [6.07, 6.45) is 1.53. The Bertz CT molecular complexity index is 932. The van der Waals surface area contributed by atoms with Gasteiger partial charge in [0.25, 0.3) is 5.91 Å². The maximum absolute atomic E-state index is 12.1. The lowest BCUT2D eigenvalue weighted by atomic mass is 10.1. The molecule has 1 amide bonds. The largest absolute Gasteiger partial charge is 0.497 e. The minimum Gasteiger partial charge on any atom is -0.497 e. The highest BCUT2D eigenvalue weighted by molar-refractivity contribution is 6.35. The van der Waals surface area contributed by atoms with E-state index in [-0.39, 0.29) is 5.69 Å². The molecule has 1 heterocycles. The molecule has 0 radical (unpaired) electrons. The van der Waals surface area contributed by atoms with Gasteiger partial charge in [-0.05, 0) is 54.1 Å². The van der Waals surface area contributed by atoms with Crippen molar-refractivity contribution in [1.82, 2.24) is 15.6 Å². The summed E-state index contributed by atoms with van der Waals surface area (Å²) in [4.78, 5) is 12.1. The van der Waals surface area contributed by atoms with E-state index in [2.05, 4.69) is 20.7 Å².